The molecule has 4 heteroatoms. The van der Waals surface area contributed by atoms with Crippen LogP contribution in [-0.4, -0.2) is 18.5 Å². The van der Waals surface area contributed by atoms with Crippen LogP contribution in [-0.2, 0) is 16.6 Å². The summed E-state index contributed by atoms with van der Waals surface area (Å²) in [5.74, 6) is -0.375. The third kappa shape index (κ3) is 3.79. The second kappa shape index (κ2) is 7.32. The average Bonchev–Trinajstić information content (AvgIpc) is 2.62. The molecule has 0 N–H and O–H groups in total. The topological polar surface area (TPSA) is 52.6 Å². The molecule has 0 fully saturated rings. The van der Waals surface area contributed by atoms with Gasteiger partial charge in [0, 0.05) is 0 Å². The van der Waals surface area contributed by atoms with Crippen LogP contribution in [0.1, 0.15) is 65.5 Å². The van der Waals surface area contributed by atoms with Crippen molar-refractivity contribution < 1.29 is 19.1 Å². The lowest BCUT2D eigenvalue weighted by atomic mass is 9.72. The molecule has 4 nitrogen and oxygen atoms in total. The van der Waals surface area contributed by atoms with Gasteiger partial charge in [0.2, 0.25) is 0 Å². The number of carbonyl (C=O) groups is 2. The summed E-state index contributed by atoms with van der Waals surface area (Å²) in [4.78, 5) is 24.2. The Balaban J connectivity index is 1.75. The highest BCUT2D eigenvalue weighted by Crippen LogP contribution is 2.37. The lowest BCUT2D eigenvalue weighted by Crippen LogP contribution is -2.24. The largest absolute Gasteiger partial charge is 0.462 e. The van der Waals surface area contributed by atoms with Crippen LogP contribution in [0.15, 0.2) is 42.5 Å². The molecule has 0 heterocycles. The second-order valence-corrected chi connectivity index (χ2v) is 7.24. The molecule has 0 aliphatic heterocycles. The number of aryl methyl sites for hydroxylation is 1. The molecule has 0 amide bonds. The van der Waals surface area contributed by atoms with Crippen molar-refractivity contribution in [1.29, 1.82) is 0 Å². The van der Waals surface area contributed by atoms with Crippen LogP contribution in [0.3, 0.4) is 0 Å². The molecule has 1 aliphatic rings. The normalized spacial score (nSPS) is 15.0. The molecule has 0 aromatic heterocycles. The molecule has 26 heavy (non-hydrogen) atoms. The van der Waals surface area contributed by atoms with E-state index in [1.165, 1.54) is 17.5 Å². The van der Waals surface area contributed by atoms with Crippen molar-refractivity contribution in [3.05, 3.63) is 64.7 Å². The number of fused-ring (bicyclic) bond motifs is 1. The standard InChI is InChI=1S/C22H24O4/c1-4-25-20(23)16-9-11-18(12-10-16)26-21(24)17-8-7-15-6-5-13-22(2,3)19(15)14-17/h7-12,14H,4-6,13H2,1-3H3. The summed E-state index contributed by atoms with van der Waals surface area (Å²) in [6.45, 7) is 6.51. The second-order valence-electron chi connectivity index (χ2n) is 7.24. The van der Waals surface area contributed by atoms with Gasteiger partial charge in [-0.05, 0) is 79.1 Å². The monoisotopic (exact) mass is 352 g/mol. The molecule has 1 aliphatic carbocycles. The molecule has 0 saturated carbocycles. The van der Waals surface area contributed by atoms with E-state index in [2.05, 4.69) is 13.8 Å². The van der Waals surface area contributed by atoms with Gasteiger partial charge in [-0.15, -0.1) is 0 Å². The molecule has 0 saturated heterocycles. The maximum Gasteiger partial charge on any atom is 0.343 e. The molecule has 2 aromatic carbocycles. The number of hydrogen-bond acceptors (Lipinski definition) is 4. The van der Waals surface area contributed by atoms with Crippen molar-refractivity contribution in [2.75, 3.05) is 6.61 Å². The predicted octanol–water partition coefficient (Wildman–Crippen LogP) is 4.70. The smallest absolute Gasteiger partial charge is 0.343 e. The highest BCUT2D eigenvalue weighted by Gasteiger charge is 2.28. The van der Waals surface area contributed by atoms with Crippen LogP contribution in [0, 0.1) is 0 Å². The van der Waals surface area contributed by atoms with Crippen molar-refractivity contribution in [2.24, 2.45) is 0 Å². The third-order valence-corrected chi connectivity index (χ3v) is 4.90. The van der Waals surface area contributed by atoms with Crippen molar-refractivity contribution in [1.82, 2.24) is 0 Å². The van der Waals surface area contributed by atoms with Crippen LogP contribution in [0.25, 0.3) is 0 Å². The molecule has 0 atom stereocenters. The van der Waals surface area contributed by atoms with Gasteiger partial charge < -0.3 is 9.47 Å². The first-order chi connectivity index (χ1) is 12.4. The zero-order valence-electron chi connectivity index (χ0n) is 15.5. The molecule has 0 unspecified atom stereocenters. The highest BCUT2D eigenvalue weighted by molar-refractivity contribution is 5.92. The summed E-state index contributed by atoms with van der Waals surface area (Å²) in [6, 6.07) is 12.2. The van der Waals surface area contributed by atoms with Gasteiger partial charge >= 0.3 is 11.9 Å². The predicted molar refractivity (Wildman–Crippen MR) is 99.8 cm³/mol. The Morgan fingerprint density at radius 3 is 2.38 bits per heavy atom. The van der Waals surface area contributed by atoms with Gasteiger partial charge in [-0.25, -0.2) is 9.59 Å². The van der Waals surface area contributed by atoms with Crippen molar-refractivity contribution >= 4 is 11.9 Å². The Kier molecular flexibility index (Phi) is 5.12. The first-order valence-corrected chi connectivity index (χ1v) is 9.03. The van der Waals surface area contributed by atoms with Gasteiger partial charge in [-0.3, -0.25) is 0 Å². The van der Waals surface area contributed by atoms with E-state index in [9.17, 15) is 9.59 Å². The maximum absolute atomic E-state index is 12.5. The number of benzene rings is 2. The van der Waals surface area contributed by atoms with E-state index in [1.807, 2.05) is 18.2 Å². The van der Waals surface area contributed by atoms with Crippen LogP contribution in [0.5, 0.6) is 5.75 Å². The van der Waals surface area contributed by atoms with Crippen LogP contribution in [0.2, 0.25) is 0 Å². The van der Waals surface area contributed by atoms with E-state index in [4.69, 9.17) is 9.47 Å². The van der Waals surface area contributed by atoms with Crippen LogP contribution >= 0.6 is 0 Å². The number of carbonyl (C=O) groups excluding carboxylic acids is 2. The Morgan fingerprint density at radius 2 is 1.69 bits per heavy atom. The van der Waals surface area contributed by atoms with Gasteiger partial charge in [-0.2, -0.15) is 0 Å². The molecule has 0 radical (unpaired) electrons. The Labute approximate surface area is 154 Å². The van der Waals surface area contributed by atoms with Gasteiger partial charge in [0.05, 0.1) is 17.7 Å². The fourth-order valence-corrected chi connectivity index (χ4v) is 3.45. The summed E-state index contributed by atoms with van der Waals surface area (Å²) in [7, 11) is 0. The van der Waals surface area contributed by atoms with Crippen molar-refractivity contribution in [3.8, 4) is 5.75 Å². The highest BCUT2D eigenvalue weighted by atomic mass is 16.5. The fourth-order valence-electron chi connectivity index (χ4n) is 3.45. The number of hydrogen-bond donors (Lipinski definition) is 0. The summed E-state index contributed by atoms with van der Waals surface area (Å²) >= 11 is 0. The summed E-state index contributed by atoms with van der Waals surface area (Å²) < 4.78 is 10.4. The van der Waals surface area contributed by atoms with E-state index >= 15 is 0 Å². The summed E-state index contributed by atoms with van der Waals surface area (Å²) in [5.41, 5.74) is 3.60. The average molecular weight is 352 g/mol. The molecule has 3 rings (SSSR count). The van der Waals surface area contributed by atoms with Gasteiger partial charge in [0.25, 0.3) is 0 Å². The van der Waals surface area contributed by atoms with E-state index < -0.39 is 5.97 Å². The van der Waals surface area contributed by atoms with Crippen molar-refractivity contribution in [2.45, 2.75) is 45.4 Å². The van der Waals surface area contributed by atoms with E-state index in [0.29, 0.717) is 23.5 Å². The fraction of sp³-hybridized carbons (Fsp3) is 0.364. The minimum Gasteiger partial charge on any atom is -0.462 e. The zero-order valence-corrected chi connectivity index (χ0v) is 15.5. The quantitative estimate of drug-likeness (QED) is 0.591. The Morgan fingerprint density at radius 1 is 1.00 bits per heavy atom. The number of esters is 2. The van der Waals surface area contributed by atoms with Gasteiger partial charge in [-0.1, -0.05) is 19.9 Å². The minimum atomic E-state index is -0.391. The molecular formula is C22H24O4. The first-order valence-electron chi connectivity index (χ1n) is 9.03. The molecule has 0 spiro atoms. The number of ether oxygens (including phenoxy) is 2. The van der Waals surface area contributed by atoms with E-state index in [1.54, 1.807) is 31.2 Å². The zero-order chi connectivity index (χ0) is 18.7. The molecule has 136 valence electrons. The molecule has 0 bridgehead atoms. The van der Waals surface area contributed by atoms with Gasteiger partial charge in [0.15, 0.2) is 0 Å². The van der Waals surface area contributed by atoms with E-state index in [-0.39, 0.29) is 11.4 Å². The number of rotatable bonds is 4. The molecule has 2 aromatic rings. The lowest BCUT2D eigenvalue weighted by molar-refractivity contribution is 0.0526. The minimum absolute atomic E-state index is 0.0746. The molecular weight excluding hydrogens is 328 g/mol. The third-order valence-electron chi connectivity index (χ3n) is 4.90. The maximum atomic E-state index is 12.5. The van der Waals surface area contributed by atoms with E-state index in [0.717, 1.165) is 12.8 Å². The van der Waals surface area contributed by atoms with Crippen LogP contribution < -0.4 is 4.74 Å². The lowest BCUT2D eigenvalue weighted by Gasteiger charge is -2.32. The summed E-state index contributed by atoms with van der Waals surface area (Å²) in [5, 5.41) is 0. The Bertz CT molecular complexity index is 819. The SMILES string of the molecule is CCOC(=O)c1ccc(OC(=O)c2ccc3c(c2)C(C)(C)CCC3)cc1. The van der Waals surface area contributed by atoms with Gasteiger partial charge in [0.1, 0.15) is 5.75 Å². The first kappa shape index (κ1) is 18.2. The van der Waals surface area contributed by atoms with Crippen LogP contribution in [0.4, 0.5) is 0 Å². The van der Waals surface area contributed by atoms with Crippen molar-refractivity contribution in [3.63, 3.8) is 0 Å². The summed E-state index contributed by atoms with van der Waals surface area (Å²) in [6.07, 6.45) is 3.36. The Hall–Kier alpha value is -2.62.